The molecule has 0 saturated heterocycles. The molecule has 6 N–H and O–H groups in total. The first-order valence-electron chi connectivity index (χ1n) is 16.5. The summed E-state index contributed by atoms with van der Waals surface area (Å²) >= 11 is 12.7. The summed E-state index contributed by atoms with van der Waals surface area (Å²) in [5, 5.41) is 22.8. The van der Waals surface area contributed by atoms with Gasteiger partial charge < -0.3 is 26.2 Å². The summed E-state index contributed by atoms with van der Waals surface area (Å²) in [5.74, 6) is -0.709. The van der Waals surface area contributed by atoms with Crippen molar-refractivity contribution in [3.63, 3.8) is 0 Å². The van der Waals surface area contributed by atoms with Gasteiger partial charge in [0.05, 0.1) is 28.6 Å². The van der Waals surface area contributed by atoms with Gasteiger partial charge in [-0.15, -0.1) is 0 Å². The second kappa shape index (κ2) is 15.8. The van der Waals surface area contributed by atoms with Gasteiger partial charge in [0.1, 0.15) is 28.9 Å². The maximum atomic E-state index is 13.6. The number of primary amides is 1. The summed E-state index contributed by atoms with van der Waals surface area (Å²) in [6, 6.07) is 19.7. The number of aromatic hydroxyl groups is 1. The van der Waals surface area contributed by atoms with Gasteiger partial charge in [-0.05, 0) is 60.9 Å². The Balaban J connectivity index is 1.30. The highest BCUT2D eigenvalue weighted by atomic mass is 35.5. The highest BCUT2D eigenvalue weighted by Crippen LogP contribution is 2.30. The number of hydrogen-bond donors (Lipinski definition) is 5. The lowest BCUT2D eigenvalue weighted by Crippen LogP contribution is -2.33. The van der Waals surface area contributed by atoms with Crippen molar-refractivity contribution < 1.29 is 24.2 Å². The zero-order chi connectivity index (χ0) is 38.6. The molecule has 13 nitrogen and oxygen atoms in total. The fourth-order valence-electron chi connectivity index (χ4n) is 5.37. The second-order valence-electron chi connectivity index (χ2n) is 13.3. The van der Waals surface area contributed by atoms with E-state index >= 15 is 0 Å². The molecule has 0 atom stereocenters. The third kappa shape index (κ3) is 8.99. The van der Waals surface area contributed by atoms with E-state index in [9.17, 15) is 24.3 Å². The number of carbonyl (C=O) groups is 3. The normalized spacial score (nSPS) is 11.2. The highest BCUT2D eigenvalue weighted by Gasteiger charge is 2.22. The lowest BCUT2D eigenvalue weighted by molar-refractivity contribution is -0.117. The van der Waals surface area contributed by atoms with Crippen molar-refractivity contribution in [3.8, 4) is 22.9 Å². The lowest BCUT2D eigenvalue weighted by Gasteiger charge is -2.17. The van der Waals surface area contributed by atoms with Crippen molar-refractivity contribution in [2.75, 3.05) is 11.9 Å². The van der Waals surface area contributed by atoms with Crippen LogP contribution in [0.4, 0.5) is 10.6 Å². The first-order chi connectivity index (χ1) is 25.0. The molecule has 0 radical (unpaired) electrons. The molecule has 2 aromatic heterocycles. The Morgan fingerprint density at radius 3 is 2.34 bits per heavy atom. The van der Waals surface area contributed by atoms with Crippen LogP contribution in [0.3, 0.4) is 0 Å². The molecule has 4 amide bonds. The zero-order valence-corrected chi connectivity index (χ0v) is 31.2. The number of nitrogens with zero attached hydrogens (tertiary/aromatic N) is 3. The van der Waals surface area contributed by atoms with E-state index in [-0.39, 0.29) is 52.2 Å². The van der Waals surface area contributed by atoms with E-state index in [4.69, 9.17) is 33.7 Å². The van der Waals surface area contributed by atoms with Crippen molar-refractivity contribution in [1.29, 1.82) is 0 Å². The number of benzene rings is 3. The number of carbonyl (C=O) groups excluding carboxylic acids is 3. The van der Waals surface area contributed by atoms with Crippen LogP contribution in [0.25, 0.3) is 11.4 Å². The number of phenolic OH excluding ortho intramolecular Hbond substituents is 1. The summed E-state index contributed by atoms with van der Waals surface area (Å²) in [6.45, 7) is 9.38. The number of hydrogen-bond acceptors (Lipinski definition) is 7. The average Bonchev–Trinajstić information content (AvgIpc) is 3.54. The van der Waals surface area contributed by atoms with Gasteiger partial charge in [0.15, 0.2) is 0 Å². The fraction of sp³-hybridized carbons (Fsp3) is 0.237. The first kappa shape index (κ1) is 38.4. The van der Waals surface area contributed by atoms with Gasteiger partial charge in [-0.1, -0.05) is 74.3 Å². The van der Waals surface area contributed by atoms with Gasteiger partial charge in [-0.25, -0.2) is 9.48 Å². The number of rotatable bonds is 11. The molecule has 5 aromatic rings. The zero-order valence-electron chi connectivity index (χ0n) is 29.7. The number of anilines is 1. The van der Waals surface area contributed by atoms with Crippen LogP contribution in [0.1, 0.15) is 59.2 Å². The number of pyridine rings is 1. The molecule has 0 aliphatic heterocycles. The Kier molecular flexibility index (Phi) is 11.5. The van der Waals surface area contributed by atoms with Gasteiger partial charge >= 0.3 is 6.03 Å². The second-order valence-corrected chi connectivity index (χ2v) is 14.1. The average molecular weight is 761 g/mol. The molecule has 5 rings (SSSR count). The highest BCUT2D eigenvalue weighted by molar-refractivity contribution is 6.32. The number of halogens is 2. The Hall–Kier alpha value is -5.79. The smallest absolute Gasteiger partial charge is 0.320 e. The minimum Gasteiger partial charge on any atom is -0.506 e. The molecular formula is C38H39Cl2N7O6. The largest absolute Gasteiger partial charge is 0.506 e. The summed E-state index contributed by atoms with van der Waals surface area (Å²) < 4.78 is 9.00. The van der Waals surface area contributed by atoms with Crippen LogP contribution in [0.2, 0.25) is 10.0 Å². The molecule has 2 heterocycles. The standard InChI is InChI=1S/C38H39Cl2N7O6/c1-21-10-11-23(35(50)42-19-32(41)49)15-28(21)46-22(2)14-30(34(40)36(46)51)53-20-25-9-7-6-8-24(25)18-43-37(52)44-33-17-31(38(3,4)5)45-47(33)26-12-13-29(48)27(39)16-26/h6-17,48H,18-20H2,1-5H3,(H2,41,49)(H,42,50)(H2,43,44,52). The Labute approximate surface area is 315 Å². The summed E-state index contributed by atoms with van der Waals surface area (Å²) in [6.07, 6.45) is 0. The Morgan fingerprint density at radius 1 is 0.943 bits per heavy atom. The summed E-state index contributed by atoms with van der Waals surface area (Å²) in [5.41, 5.74) is 8.95. The van der Waals surface area contributed by atoms with Crippen LogP contribution >= 0.6 is 23.2 Å². The van der Waals surface area contributed by atoms with Crippen LogP contribution in [0.15, 0.2) is 77.6 Å². The predicted molar refractivity (Wildman–Crippen MR) is 204 cm³/mol. The number of urea groups is 1. The van der Waals surface area contributed by atoms with E-state index < -0.39 is 23.4 Å². The van der Waals surface area contributed by atoms with E-state index in [1.807, 2.05) is 45.0 Å². The topological polar surface area (TPSA) is 183 Å². The molecule has 0 aliphatic carbocycles. The first-order valence-corrected chi connectivity index (χ1v) is 17.2. The van der Waals surface area contributed by atoms with E-state index in [2.05, 4.69) is 21.0 Å². The number of aryl methyl sites for hydroxylation is 2. The molecule has 15 heteroatoms. The Bertz CT molecular complexity index is 2280. The predicted octanol–water partition coefficient (Wildman–Crippen LogP) is 6.07. The minimum atomic E-state index is -0.683. The molecule has 0 fully saturated rings. The van der Waals surface area contributed by atoms with Gasteiger partial charge in [0.25, 0.3) is 11.5 Å². The lowest BCUT2D eigenvalue weighted by atomic mass is 9.92. The van der Waals surface area contributed by atoms with Crippen molar-refractivity contribution in [3.05, 3.63) is 127 Å². The van der Waals surface area contributed by atoms with Crippen LogP contribution < -0.4 is 32.0 Å². The summed E-state index contributed by atoms with van der Waals surface area (Å²) in [4.78, 5) is 50.5. The third-order valence-corrected chi connectivity index (χ3v) is 8.92. The van der Waals surface area contributed by atoms with Crippen molar-refractivity contribution in [2.45, 2.75) is 53.2 Å². The third-order valence-electron chi connectivity index (χ3n) is 8.27. The molecule has 3 aromatic carbocycles. The van der Waals surface area contributed by atoms with Gasteiger partial charge in [-0.2, -0.15) is 5.10 Å². The van der Waals surface area contributed by atoms with Gasteiger partial charge in [0, 0.05) is 35.3 Å². The van der Waals surface area contributed by atoms with E-state index in [1.165, 1.54) is 16.7 Å². The number of nitrogens with two attached hydrogens (primary N) is 1. The van der Waals surface area contributed by atoms with Crippen LogP contribution in [-0.2, 0) is 23.4 Å². The molecule has 276 valence electrons. The van der Waals surface area contributed by atoms with Crippen molar-refractivity contribution >= 4 is 46.9 Å². The number of nitrogens with one attached hydrogen (secondary N) is 3. The molecule has 0 saturated carbocycles. The maximum Gasteiger partial charge on any atom is 0.320 e. The minimum absolute atomic E-state index is 0.0416. The number of aromatic nitrogens is 3. The van der Waals surface area contributed by atoms with Crippen LogP contribution in [0, 0.1) is 13.8 Å². The molecular weight excluding hydrogens is 721 g/mol. The van der Waals surface area contributed by atoms with Gasteiger partial charge in [0.2, 0.25) is 5.91 Å². The van der Waals surface area contributed by atoms with E-state index in [0.717, 1.165) is 16.8 Å². The number of amides is 4. The van der Waals surface area contributed by atoms with Crippen LogP contribution in [-0.4, -0.2) is 43.8 Å². The maximum absolute atomic E-state index is 13.6. The molecule has 0 unspecified atom stereocenters. The fourth-order valence-corrected chi connectivity index (χ4v) is 5.74. The SMILES string of the molecule is Cc1ccc(C(=O)NCC(N)=O)cc1-n1c(C)cc(OCc2ccccc2CNC(=O)Nc2cc(C(C)(C)C)nn2-c2ccc(O)c(Cl)c2)c(Cl)c1=O. The van der Waals surface area contributed by atoms with Gasteiger partial charge in [-0.3, -0.25) is 24.3 Å². The number of ether oxygens (including phenoxy) is 1. The number of phenols is 1. The van der Waals surface area contributed by atoms with Crippen molar-refractivity contribution in [2.24, 2.45) is 5.73 Å². The van der Waals surface area contributed by atoms with E-state index in [0.29, 0.717) is 28.5 Å². The molecule has 53 heavy (non-hydrogen) atoms. The molecule has 0 aliphatic rings. The van der Waals surface area contributed by atoms with Crippen LogP contribution in [0.5, 0.6) is 11.5 Å². The van der Waals surface area contributed by atoms with E-state index in [1.54, 1.807) is 54.9 Å². The Morgan fingerprint density at radius 2 is 1.66 bits per heavy atom. The molecule has 0 spiro atoms. The quantitative estimate of drug-likeness (QED) is 0.108. The monoisotopic (exact) mass is 759 g/mol. The molecule has 0 bridgehead atoms. The van der Waals surface area contributed by atoms with Crippen molar-refractivity contribution in [1.82, 2.24) is 25.0 Å². The summed E-state index contributed by atoms with van der Waals surface area (Å²) in [7, 11) is 0.